The van der Waals surface area contributed by atoms with E-state index in [1.165, 1.54) is 0 Å². The largest absolute Gasteiger partial charge is 0.473 e. The minimum Gasteiger partial charge on any atom is -0.473 e. The number of anilines is 1. The second-order valence-corrected chi connectivity index (χ2v) is 4.61. The maximum absolute atomic E-state index is 5.79. The van der Waals surface area contributed by atoms with Crippen molar-refractivity contribution in [3.63, 3.8) is 0 Å². The van der Waals surface area contributed by atoms with Gasteiger partial charge in [0.1, 0.15) is 6.61 Å². The Morgan fingerprint density at radius 2 is 2.12 bits per heavy atom. The molecule has 4 heteroatoms. The van der Waals surface area contributed by atoms with Crippen LogP contribution in [-0.4, -0.2) is 4.98 Å². The molecule has 0 bridgehead atoms. The Kier molecular flexibility index (Phi) is 3.64. The predicted molar refractivity (Wildman–Crippen MR) is 71.9 cm³/mol. The second-order valence-electron chi connectivity index (χ2n) is 3.76. The Labute approximate surface area is 109 Å². The molecule has 0 fully saturated rings. The minimum absolute atomic E-state index is 0.469. The summed E-state index contributed by atoms with van der Waals surface area (Å²) in [4.78, 5) is 4.17. The summed E-state index contributed by atoms with van der Waals surface area (Å²) >= 11 is 3.47. The first kappa shape index (κ1) is 11.9. The Hall–Kier alpha value is -1.55. The molecule has 17 heavy (non-hydrogen) atoms. The van der Waals surface area contributed by atoms with Gasteiger partial charge in [-0.3, -0.25) is 0 Å². The van der Waals surface area contributed by atoms with E-state index in [-0.39, 0.29) is 0 Å². The number of aromatic nitrogens is 1. The van der Waals surface area contributed by atoms with Crippen LogP contribution in [0, 0.1) is 6.92 Å². The van der Waals surface area contributed by atoms with E-state index in [9.17, 15) is 0 Å². The lowest BCUT2D eigenvalue weighted by molar-refractivity contribution is 0.293. The van der Waals surface area contributed by atoms with Crippen LogP contribution in [0.1, 0.15) is 11.1 Å². The standard InChI is InChI=1S/C13H13BrN2O/c1-9-7-16-13(6-12(9)15)17-8-10-4-2-3-5-11(10)14/h2-7H,8H2,1H3,(H2,15,16). The molecule has 2 rings (SSSR count). The summed E-state index contributed by atoms with van der Waals surface area (Å²) < 4.78 is 6.62. The first-order chi connectivity index (χ1) is 8.16. The zero-order valence-corrected chi connectivity index (χ0v) is 11.1. The van der Waals surface area contributed by atoms with Crippen molar-refractivity contribution >= 4 is 21.6 Å². The van der Waals surface area contributed by atoms with Crippen LogP contribution in [-0.2, 0) is 6.61 Å². The number of rotatable bonds is 3. The van der Waals surface area contributed by atoms with Gasteiger partial charge in [0.25, 0.3) is 0 Å². The number of hydrogen-bond donors (Lipinski definition) is 1. The van der Waals surface area contributed by atoms with Crippen molar-refractivity contribution in [1.29, 1.82) is 0 Å². The van der Waals surface area contributed by atoms with E-state index in [4.69, 9.17) is 10.5 Å². The van der Waals surface area contributed by atoms with Gasteiger partial charge < -0.3 is 10.5 Å². The van der Waals surface area contributed by atoms with Crippen LogP contribution in [0.3, 0.4) is 0 Å². The van der Waals surface area contributed by atoms with Gasteiger partial charge in [0.05, 0.1) is 0 Å². The third kappa shape index (κ3) is 2.97. The van der Waals surface area contributed by atoms with Crippen LogP contribution < -0.4 is 10.5 Å². The van der Waals surface area contributed by atoms with Gasteiger partial charge in [-0.05, 0) is 18.6 Å². The zero-order chi connectivity index (χ0) is 12.3. The minimum atomic E-state index is 0.469. The van der Waals surface area contributed by atoms with Crippen LogP contribution in [0.2, 0.25) is 0 Å². The van der Waals surface area contributed by atoms with Crippen molar-refractivity contribution in [2.24, 2.45) is 0 Å². The first-order valence-corrected chi connectivity index (χ1v) is 6.04. The number of hydrogen-bond acceptors (Lipinski definition) is 3. The highest BCUT2D eigenvalue weighted by molar-refractivity contribution is 9.10. The molecule has 0 saturated heterocycles. The summed E-state index contributed by atoms with van der Waals surface area (Å²) in [5.74, 6) is 0.545. The van der Waals surface area contributed by atoms with Gasteiger partial charge >= 0.3 is 0 Å². The Balaban J connectivity index is 2.08. The van der Waals surface area contributed by atoms with Crippen molar-refractivity contribution in [3.8, 4) is 5.88 Å². The quantitative estimate of drug-likeness (QED) is 0.944. The van der Waals surface area contributed by atoms with Gasteiger partial charge in [0, 0.05) is 28.0 Å². The highest BCUT2D eigenvalue weighted by atomic mass is 79.9. The van der Waals surface area contributed by atoms with E-state index in [0.29, 0.717) is 18.2 Å². The number of benzene rings is 1. The molecule has 2 aromatic rings. The lowest BCUT2D eigenvalue weighted by Gasteiger charge is -2.08. The Morgan fingerprint density at radius 3 is 2.82 bits per heavy atom. The maximum Gasteiger partial charge on any atom is 0.215 e. The summed E-state index contributed by atoms with van der Waals surface area (Å²) in [5.41, 5.74) is 8.52. The van der Waals surface area contributed by atoms with Crippen molar-refractivity contribution in [2.45, 2.75) is 13.5 Å². The molecule has 2 N–H and O–H groups in total. The SMILES string of the molecule is Cc1cnc(OCc2ccccc2Br)cc1N. The monoisotopic (exact) mass is 292 g/mol. The van der Waals surface area contributed by atoms with Crippen LogP contribution in [0.15, 0.2) is 41.0 Å². The average molecular weight is 293 g/mol. The summed E-state index contributed by atoms with van der Waals surface area (Å²) in [6, 6.07) is 9.67. The van der Waals surface area contributed by atoms with Gasteiger partial charge in [-0.1, -0.05) is 34.1 Å². The van der Waals surface area contributed by atoms with E-state index in [1.54, 1.807) is 12.3 Å². The molecule has 0 aliphatic carbocycles. The number of ether oxygens (including phenoxy) is 1. The van der Waals surface area contributed by atoms with Crippen LogP contribution in [0.25, 0.3) is 0 Å². The predicted octanol–water partition coefficient (Wildman–Crippen LogP) is 3.31. The fourth-order valence-electron chi connectivity index (χ4n) is 1.37. The molecular weight excluding hydrogens is 280 g/mol. The van der Waals surface area contributed by atoms with E-state index in [1.807, 2.05) is 31.2 Å². The molecule has 1 heterocycles. The van der Waals surface area contributed by atoms with Gasteiger partial charge in [-0.2, -0.15) is 0 Å². The van der Waals surface area contributed by atoms with Crippen molar-refractivity contribution in [2.75, 3.05) is 5.73 Å². The van der Waals surface area contributed by atoms with E-state index in [2.05, 4.69) is 20.9 Å². The highest BCUT2D eigenvalue weighted by Gasteiger charge is 2.02. The molecule has 1 aromatic carbocycles. The molecule has 88 valence electrons. The molecule has 0 radical (unpaired) electrons. The molecule has 0 aliphatic rings. The molecule has 0 spiro atoms. The molecule has 3 nitrogen and oxygen atoms in total. The normalized spacial score (nSPS) is 10.2. The Morgan fingerprint density at radius 1 is 1.35 bits per heavy atom. The molecule has 0 aliphatic heterocycles. The van der Waals surface area contributed by atoms with E-state index in [0.717, 1.165) is 15.6 Å². The summed E-state index contributed by atoms with van der Waals surface area (Å²) in [7, 11) is 0. The van der Waals surface area contributed by atoms with Gasteiger partial charge in [-0.25, -0.2) is 4.98 Å². The number of aryl methyl sites for hydroxylation is 1. The number of nitrogens with two attached hydrogens (primary N) is 1. The molecule has 0 atom stereocenters. The third-order valence-corrected chi connectivity index (χ3v) is 3.23. The van der Waals surface area contributed by atoms with Crippen molar-refractivity contribution < 1.29 is 4.74 Å². The lowest BCUT2D eigenvalue weighted by Crippen LogP contribution is -1.99. The second kappa shape index (κ2) is 5.19. The van der Waals surface area contributed by atoms with Crippen LogP contribution in [0.4, 0.5) is 5.69 Å². The van der Waals surface area contributed by atoms with Crippen LogP contribution >= 0.6 is 15.9 Å². The highest BCUT2D eigenvalue weighted by Crippen LogP contribution is 2.20. The number of nitrogen functional groups attached to an aromatic ring is 1. The number of pyridine rings is 1. The van der Waals surface area contributed by atoms with Gasteiger partial charge in [0.2, 0.25) is 5.88 Å². The average Bonchev–Trinajstić information content (AvgIpc) is 2.32. The first-order valence-electron chi connectivity index (χ1n) is 5.25. The zero-order valence-electron chi connectivity index (χ0n) is 9.48. The summed E-state index contributed by atoms with van der Waals surface area (Å²) in [6.07, 6.45) is 1.71. The Bertz CT molecular complexity index is 529. The van der Waals surface area contributed by atoms with Crippen molar-refractivity contribution in [3.05, 3.63) is 52.1 Å². The summed E-state index contributed by atoms with van der Waals surface area (Å²) in [6.45, 7) is 2.39. The number of nitrogens with zero attached hydrogens (tertiary/aromatic N) is 1. The lowest BCUT2D eigenvalue weighted by atomic mass is 10.2. The maximum atomic E-state index is 5.79. The third-order valence-electron chi connectivity index (χ3n) is 2.45. The topological polar surface area (TPSA) is 48.1 Å². The van der Waals surface area contributed by atoms with Gasteiger partial charge in [0.15, 0.2) is 0 Å². The molecule has 0 unspecified atom stereocenters. The van der Waals surface area contributed by atoms with Crippen molar-refractivity contribution in [1.82, 2.24) is 4.98 Å². The van der Waals surface area contributed by atoms with E-state index >= 15 is 0 Å². The van der Waals surface area contributed by atoms with E-state index < -0.39 is 0 Å². The molecule has 1 aromatic heterocycles. The molecule has 0 saturated carbocycles. The number of halogens is 1. The van der Waals surface area contributed by atoms with Gasteiger partial charge in [-0.15, -0.1) is 0 Å². The fraction of sp³-hybridized carbons (Fsp3) is 0.154. The smallest absolute Gasteiger partial charge is 0.215 e. The van der Waals surface area contributed by atoms with Crippen LogP contribution in [0.5, 0.6) is 5.88 Å². The molecular formula is C13H13BrN2O. The molecule has 0 amide bonds. The summed E-state index contributed by atoms with van der Waals surface area (Å²) in [5, 5.41) is 0. The fourth-order valence-corrected chi connectivity index (χ4v) is 1.76.